The van der Waals surface area contributed by atoms with Crippen molar-refractivity contribution < 1.29 is 9.32 Å². The molecule has 0 radical (unpaired) electrons. The lowest BCUT2D eigenvalue weighted by atomic mass is 10.1. The summed E-state index contributed by atoms with van der Waals surface area (Å²) >= 11 is 0. The number of amides is 1. The van der Waals surface area contributed by atoms with Crippen LogP contribution in [0.25, 0.3) is 11.4 Å². The van der Waals surface area contributed by atoms with E-state index >= 15 is 0 Å². The van der Waals surface area contributed by atoms with Gasteiger partial charge in [-0.25, -0.2) is 0 Å². The first-order chi connectivity index (χ1) is 11.8. The van der Waals surface area contributed by atoms with Crippen molar-refractivity contribution >= 4 is 5.91 Å². The van der Waals surface area contributed by atoms with Gasteiger partial charge in [0.05, 0.1) is 18.8 Å². The SMILES string of the molecule is O=C(c1ccc(-c2ncon2)cc1)N1CCC[C@H]1Cn1ccnn1. The molecule has 2 aromatic heterocycles. The van der Waals surface area contributed by atoms with E-state index in [1.54, 1.807) is 23.0 Å². The van der Waals surface area contributed by atoms with Gasteiger partial charge in [0.15, 0.2) is 0 Å². The second-order valence-corrected chi connectivity index (χ2v) is 5.75. The highest BCUT2D eigenvalue weighted by atomic mass is 16.5. The van der Waals surface area contributed by atoms with Crippen molar-refractivity contribution in [3.8, 4) is 11.4 Å². The number of benzene rings is 1. The summed E-state index contributed by atoms with van der Waals surface area (Å²) < 4.78 is 6.52. The quantitative estimate of drug-likeness (QED) is 0.724. The minimum absolute atomic E-state index is 0.0391. The molecule has 0 N–H and O–H groups in total. The number of carbonyl (C=O) groups is 1. The van der Waals surface area contributed by atoms with Gasteiger partial charge in [0, 0.05) is 23.9 Å². The molecule has 0 aliphatic carbocycles. The maximum atomic E-state index is 12.8. The standard InChI is InChI=1S/C16H16N6O2/c23-16(13-5-3-12(4-6-13)15-17-11-24-19-15)22-8-1-2-14(22)10-21-9-7-18-20-21/h3-7,9,11,14H,1-2,8,10H2/t14-/m0/s1. The lowest BCUT2D eigenvalue weighted by Crippen LogP contribution is -2.38. The van der Waals surface area contributed by atoms with Crippen LogP contribution < -0.4 is 0 Å². The molecule has 1 aliphatic rings. The fraction of sp³-hybridized carbons (Fsp3) is 0.312. The molecule has 0 unspecified atom stereocenters. The Morgan fingerprint density at radius 2 is 2.17 bits per heavy atom. The first-order valence-electron chi connectivity index (χ1n) is 7.83. The molecule has 1 amide bonds. The number of likely N-dealkylation sites (tertiary alicyclic amines) is 1. The van der Waals surface area contributed by atoms with Crippen LogP contribution in [0.2, 0.25) is 0 Å². The summed E-state index contributed by atoms with van der Waals surface area (Å²) in [6.07, 6.45) is 6.74. The lowest BCUT2D eigenvalue weighted by Gasteiger charge is -2.24. The summed E-state index contributed by atoms with van der Waals surface area (Å²) in [5.74, 6) is 0.552. The predicted octanol–water partition coefficient (Wildman–Crippen LogP) is 1.63. The lowest BCUT2D eigenvalue weighted by molar-refractivity contribution is 0.0721. The molecule has 24 heavy (non-hydrogen) atoms. The number of nitrogens with zero attached hydrogens (tertiary/aromatic N) is 6. The molecule has 3 heterocycles. The minimum Gasteiger partial charge on any atom is -0.342 e. The third kappa shape index (κ3) is 2.78. The minimum atomic E-state index is 0.0391. The van der Waals surface area contributed by atoms with Gasteiger partial charge in [0.25, 0.3) is 5.91 Å². The Morgan fingerprint density at radius 1 is 1.29 bits per heavy atom. The first kappa shape index (κ1) is 14.6. The van der Waals surface area contributed by atoms with E-state index in [-0.39, 0.29) is 11.9 Å². The van der Waals surface area contributed by atoms with E-state index < -0.39 is 0 Å². The molecule has 1 atom stereocenters. The molecule has 1 fully saturated rings. The van der Waals surface area contributed by atoms with Crippen LogP contribution in [0, 0.1) is 0 Å². The van der Waals surface area contributed by atoms with E-state index in [4.69, 9.17) is 4.52 Å². The number of aromatic nitrogens is 5. The summed E-state index contributed by atoms with van der Waals surface area (Å²) in [5.41, 5.74) is 1.48. The second kappa shape index (κ2) is 6.23. The number of carbonyl (C=O) groups excluding carboxylic acids is 1. The van der Waals surface area contributed by atoms with Crippen LogP contribution in [0.15, 0.2) is 47.6 Å². The van der Waals surface area contributed by atoms with E-state index in [1.807, 2.05) is 23.2 Å². The van der Waals surface area contributed by atoms with Gasteiger partial charge in [0.1, 0.15) is 0 Å². The Morgan fingerprint density at radius 3 is 2.88 bits per heavy atom. The Balaban J connectivity index is 1.50. The topological polar surface area (TPSA) is 89.9 Å². The maximum Gasteiger partial charge on any atom is 0.254 e. The Bertz CT molecular complexity index is 798. The zero-order chi connectivity index (χ0) is 16.4. The van der Waals surface area contributed by atoms with Crippen LogP contribution in [0.4, 0.5) is 0 Å². The van der Waals surface area contributed by atoms with E-state index in [2.05, 4.69) is 20.5 Å². The van der Waals surface area contributed by atoms with Crippen molar-refractivity contribution in [1.82, 2.24) is 30.0 Å². The molecule has 8 heteroatoms. The highest BCUT2D eigenvalue weighted by molar-refractivity contribution is 5.95. The normalized spacial score (nSPS) is 17.3. The third-order valence-corrected chi connectivity index (χ3v) is 4.26. The molecule has 3 aromatic rings. The van der Waals surface area contributed by atoms with Gasteiger partial charge in [-0.05, 0) is 25.0 Å². The van der Waals surface area contributed by atoms with Crippen molar-refractivity contribution in [2.24, 2.45) is 0 Å². The smallest absolute Gasteiger partial charge is 0.254 e. The van der Waals surface area contributed by atoms with Crippen LogP contribution in [0.3, 0.4) is 0 Å². The molecule has 1 saturated heterocycles. The Kier molecular flexibility index (Phi) is 3.78. The van der Waals surface area contributed by atoms with Crippen LogP contribution in [0.1, 0.15) is 23.2 Å². The van der Waals surface area contributed by atoms with Crippen molar-refractivity contribution in [2.45, 2.75) is 25.4 Å². The molecule has 4 rings (SSSR count). The Labute approximate surface area is 138 Å². The van der Waals surface area contributed by atoms with Gasteiger partial charge < -0.3 is 9.42 Å². The average Bonchev–Trinajstić information content (AvgIpc) is 3.37. The summed E-state index contributed by atoms with van der Waals surface area (Å²) in [6.45, 7) is 1.44. The second-order valence-electron chi connectivity index (χ2n) is 5.75. The van der Waals surface area contributed by atoms with Gasteiger partial charge in [-0.1, -0.05) is 22.5 Å². The highest BCUT2D eigenvalue weighted by Gasteiger charge is 2.29. The number of hydrogen-bond donors (Lipinski definition) is 0. The summed E-state index contributed by atoms with van der Waals surface area (Å²) in [6, 6.07) is 7.43. The zero-order valence-electron chi connectivity index (χ0n) is 12.9. The molecule has 1 aliphatic heterocycles. The van der Waals surface area contributed by atoms with Crippen molar-refractivity contribution in [2.75, 3.05) is 6.54 Å². The van der Waals surface area contributed by atoms with E-state index in [9.17, 15) is 4.79 Å². The van der Waals surface area contributed by atoms with Crippen LogP contribution in [-0.4, -0.2) is 48.5 Å². The molecular formula is C16H16N6O2. The number of rotatable bonds is 4. The van der Waals surface area contributed by atoms with Gasteiger partial charge in [0.2, 0.25) is 12.2 Å². The maximum absolute atomic E-state index is 12.8. The van der Waals surface area contributed by atoms with E-state index in [1.165, 1.54) is 6.39 Å². The summed E-state index contributed by atoms with van der Waals surface area (Å²) in [7, 11) is 0. The summed E-state index contributed by atoms with van der Waals surface area (Å²) in [5, 5.41) is 11.6. The molecule has 1 aromatic carbocycles. The number of hydrogen-bond acceptors (Lipinski definition) is 6. The van der Waals surface area contributed by atoms with E-state index in [0.717, 1.165) is 24.9 Å². The van der Waals surface area contributed by atoms with Crippen LogP contribution in [-0.2, 0) is 6.54 Å². The van der Waals surface area contributed by atoms with Gasteiger partial charge in [-0.3, -0.25) is 9.48 Å². The van der Waals surface area contributed by atoms with Crippen molar-refractivity contribution in [1.29, 1.82) is 0 Å². The fourth-order valence-corrected chi connectivity index (χ4v) is 3.06. The third-order valence-electron chi connectivity index (χ3n) is 4.26. The van der Waals surface area contributed by atoms with Crippen LogP contribution in [0.5, 0.6) is 0 Å². The first-order valence-corrected chi connectivity index (χ1v) is 7.83. The highest BCUT2D eigenvalue weighted by Crippen LogP contribution is 2.22. The molecular weight excluding hydrogens is 308 g/mol. The predicted molar refractivity (Wildman–Crippen MR) is 83.8 cm³/mol. The molecule has 0 spiro atoms. The largest absolute Gasteiger partial charge is 0.342 e. The Hall–Kier alpha value is -3.03. The molecule has 8 nitrogen and oxygen atoms in total. The fourth-order valence-electron chi connectivity index (χ4n) is 3.06. The van der Waals surface area contributed by atoms with Crippen LogP contribution >= 0.6 is 0 Å². The van der Waals surface area contributed by atoms with Gasteiger partial charge in [-0.15, -0.1) is 5.10 Å². The van der Waals surface area contributed by atoms with Gasteiger partial charge >= 0.3 is 0 Å². The zero-order valence-corrected chi connectivity index (χ0v) is 12.9. The van der Waals surface area contributed by atoms with Crippen molar-refractivity contribution in [3.05, 3.63) is 48.6 Å². The van der Waals surface area contributed by atoms with E-state index in [0.29, 0.717) is 17.9 Å². The monoisotopic (exact) mass is 324 g/mol. The van der Waals surface area contributed by atoms with Gasteiger partial charge in [-0.2, -0.15) is 4.98 Å². The van der Waals surface area contributed by atoms with Crippen molar-refractivity contribution in [3.63, 3.8) is 0 Å². The molecule has 0 bridgehead atoms. The average molecular weight is 324 g/mol. The molecule has 122 valence electrons. The molecule has 0 saturated carbocycles. The summed E-state index contributed by atoms with van der Waals surface area (Å²) in [4.78, 5) is 18.7.